The molecule has 138 valence electrons. The van der Waals surface area contributed by atoms with E-state index in [1.54, 1.807) is 19.2 Å². The van der Waals surface area contributed by atoms with E-state index < -0.39 is 0 Å². The van der Waals surface area contributed by atoms with Crippen molar-refractivity contribution in [2.45, 2.75) is 39.8 Å². The van der Waals surface area contributed by atoms with Crippen LogP contribution in [0.2, 0.25) is 0 Å². The van der Waals surface area contributed by atoms with E-state index in [4.69, 9.17) is 0 Å². The second kappa shape index (κ2) is 7.20. The van der Waals surface area contributed by atoms with Crippen LogP contribution in [0.1, 0.15) is 26.1 Å². The maximum Gasteiger partial charge on any atom is 0.262 e. The molecular weight excluding hydrogens is 336 g/mol. The van der Waals surface area contributed by atoms with Gasteiger partial charge in [-0.15, -0.1) is 5.10 Å². The number of aliphatic hydroxyl groups is 1. The van der Waals surface area contributed by atoms with Crippen LogP contribution in [0.25, 0.3) is 16.7 Å². The molecule has 0 aliphatic heterocycles. The first kappa shape index (κ1) is 18.0. The number of fused-ring (bicyclic) bond motifs is 3. The van der Waals surface area contributed by atoms with Crippen molar-refractivity contribution in [1.29, 1.82) is 0 Å². The lowest BCUT2D eigenvalue weighted by Gasteiger charge is -2.22. The third-order valence-corrected chi connectivity index (χ3v) is 4.60. The highest BCUT2D eigenvalue weighted by molar-refractivity contribution is 5.80. The second-order valence-corrected chi connectivity index (χ2v) is 6.42. The zero-order chi connectivity index (χ0) is 18.8. The van der Waals surface area contributed by atoms with Gasteiger partial charge in [-0.05, 0) is 18.9 Å². The predicted molar refractivity (Wildman–Crippen MR) is 95.8 cm³/mol. The van der Waals surface area contributed by atoms with Crippen LogP contribution in [0.15, 0.2) is 23.3 Å². The molecule has 0 radical (unpaired) electrons. The molecule has 2 atom stereocenters. The first-order chi connectivity index (χ1) is 12.4. The third-order valence-electron chi connectivity index (χ3n) is 4.60. The van der Waals surface area contributed by atoms with Gasteiger partial charge in [0, 0.05) is 12.4 Å². The predicted octanol–water partition coefficient (Wildman–Crippen LogP) is 0.271. The lowest BCUT2D eigenvalue weighted by molar-refractivity contribution is -0.123. The number of pyridine rings is 1. The molecule has 9 nitrogen and oxygen atoms in total. The van der Waals surface area contributed by atoms with Gasteiger partial charge in [0.2, 0.25) is 5.91 Å². The molecule has 0 spiro atoms. The van der Waals surface area contributed by atoms with Crippen molar-refractivity contribution in [3.8, 4) is 0 Å². The molecule has 3 heterocycles. The van der Waals surface area contributed by atoms with Crippen LogP contribution in [0.3, 0.4) is 0 Å². The Bertz CT molecular complexity index is 1010. The number of aromatic nitrogens is 5. The maximum atomic E-state index is 12.7. The van der Waals surface area contributed by atoms with Gasteiger partial charge < -0.3 is 15.0 Å². The molecule has 0 aromatic carbocycles. The normalized spacial score (nSPS) is 13.8. The minimum absolute atomic E-state index is 0.129. The summed E-state index contributed by atoms with van der Waals surface area (Å²) >= 11 is 0. The van der Waals surface area contributed by atoms with E-state index in [1.807, 2.05) is 13.8 Å². The zero-order valence-corrected chi connectivity index (χ0v) is 15.0. The van der Waals surface area contributed by atoms with Crippen LogP contribution in [0, 0.1) is 12.8 Å². The van der Waals surface area contributed by atoms with E-state index in [2.05, 4.69) is 20.4 Å². The van der Waals surface area contributed by atoms with Gasteiger partial charge in [0.15, 0.2) is 0 Å². The van der Waals surface area contributed by atoms with E-state index in [0.717, 1.165) is 6.42 Å². The van der Waals surface area contributed by atoms with Crippen molar-refractivity contribution in [2.75, 3.05) is 6.61 Å². The monoisotopic (exact) mass is 358 g/mol. The molecule has 3 rings (SSSR count). The number of hydrogen-bond acceptors (Lipinski definition) is 6. The Hall–Kier alpha value is -2.81. The Kier molecular flexibility index (Phi) is 4.99. The van der Waals surface area contributed by atoms with Gasteiger partial charge in [-0.3, -0.25) is 9.59 Å². The van der Waals surface area contributed by atoms with Crippen LogP contribution in [0.5, 0.6) is 0 Å². The highest BCUT2D eigenvalue weighted by Gasteiger charge is 2.18. The van der Waals surface area contributed by atoms with E-state index in [1.165, 1.54) is 15.3 Å². The summed E-state index contributed by atoms with van der Waals surface area (Å²) < 4.78 is 2.83. The van der Waals surface area contributed by atoms with Crippen molar-refractivity contribution < 1.29 is 9.90 Å². The number of rotatable bonds is 6. The first-order valence-electron chi connectivity index (χ1n) is 8.56. The largest absolute Gasteiger partial charge is 0.394 e. The summed E-state index contributed by atoms with van der Waals surface area (Å²) in [4.78, 5) is 33.3. The maximum absolute atomic E-state index is 12.7. The number of aryl methyl sites for hydroxylation is 1. The van der Waals surface area contributed by atoms with Crippen molar-refractivity contribution in [3.05, 3.63) is 34.6 Å². The fourth-order valence-electron chi connectivity index (χ4n) is 2.84. The van der Waals surface area contributed by atoms with Gasteiger partial charge in [-0.1, -0.05) is 20.3 Å². The Balaban J connectivity index is 1.89. The van der Waals surface area contributed by atoms with E-state index in [0.29, 0.717) is 22.5 Å². The van der Waals surface area contributed by atoms with E-state index in [-0.39, 0.29) is 36.6 Å². The van der Waals surface area contributed by atoms with Gasteiger partial charge in [0.1, 0.15) is 12.4 Å². The quantitative estimate of drug-likeness (QED) is 0.654. The lowest BCUT2D eigenvalue weighted by Crippen LogP contribution is -2.44. The highest BCUT2D eigenvalue weighted by atomic mass is 16.3. The van der Waals surface area contributed by atoms with Crippen LogP contribution in [0.4, 0.5) is 0 Å². The minimum Gasteiger partial charge on any atom is -0.394 e. The summed E-state index contributed by atoms with van der Waals surface area (Å²) in [6.45, 7) is 5.44. The Morgan fingerprint density at radius 3 is 2.88 bits per heavy atom. The van der Waals surface area contributed by atoms with Gasteiger partial charge in [-0.2, -0.15) is 9.50 Å². The minimum atomic E-state index is -0.330. The molecule has 0 saturated heterocycles. The van der Waals surface area contributed by atoms with Crippen LogP contribution >= 0.6 is 0 Å². The van der Waals surface area contributed by atoms with Gasteiger partial charge in [-0.25, -0.2) is 4.98 Å². The summed E-state index contributed by atoms with van der Waals surface area (Å²) in [5.41, 5.74) is 0.259. The fourth-order valence-corrected chi connectivity index (χ4v) is 2.84. The van der Waals surface area contributed by atoms with Crippen LogP contribution in [-0.2, 0) is 11.3 Å². The van der Waals surface area contributed by atoms with Crippen LogP contribution < -0.4 is 10.9 Å². The Morgan fingerprint density at radius 1 is 1.42 bits per heavy atom. The number of amides is 1. The number of carbonyl (C=O) groups excluding carboxylic acids is 1. The molecule has 0 aliphatic carbocycles. The first-order valence-corrected chi connectivity index (χ1v) is 8.56. The van der Waals surface area contributed by atoms with E-state index in [9.17, 15) is 14.7 Å². The van der Waals surface area contributed by atoms with Crippen molar-refractivity contribution >= 4 is 22.6 Å². The smallest absolute Gasteiger partial charge is 0.262 e. The van der Waals surface area contributed by atoms with Gasteiger partial charge in [0.25, 0.3) is 11.3 Å². The molecule has 0 fully saturated rings. The molecule has 3 aromatic heterocycles. The SMILES string of the molecule is CC[C@@H](C)[C@@H](CO)NC(=O)Cn1ccc2c(cnc3nc(C)nn32)c1=O. The zero-order valence-electron chi connectivity index (χ0n) is 15.0. The highest BCUT2D eigenvalue weighted by Crippen LogP contribution is 2.10. The second-order valence-electron chi connectivity index (χ2n) is 6.42. The average molecular weight is 358 g/mol. The van der Waals surface area contributed by atoms with Gasteiger partial charge in [0.05, 0.1) is 23.6 Å². The Morgan fingerprint density at radius 2 is 2.19 bits per heavy atom. The molecule has 1 amide bonds. The lowest BCUT2D eigenvalue weighted by atomic mass is 10.00. The molecule has 0 bridgehead atoms. The number of nitrogens with zero attached hydrogens (tertiary/aromatic N) is 5. The van der Waals surface area contributed by atoms with Gasteiger partial charge >= 0.3 is 0 Å². The molecule has 3 aromatic rings. The van der Waals surface area contributed by atoms with Crippen LogP contribution in [-0.4, -0.2) is 47.8 Å². The topological polar surface area (TPSA) is 114 Å². The summed E-state index contributed by atoms with van der Waals surface area (Å²) in [7, 11) is 0. The third kappa shape index (κ3) is 3.30. The Labute approximate surface area is 149 Å². The fraction of sp³-hybridized carbons (Fsp3) is 0.471. The number of carbonyl (C=O) groups is 1. The average Bonchev–Trinajstić information content (AvgIpc) is 3.01. The standard InChI is InChI=1S/C17H22N6O3/c1-4-10(2)13(9-24)20-15(25)8-22-6-5-14-12(16(22)26)7-18-17-19-11(3)21-23(14)17/h5-7,10,13,24H,4,8-9H2,1-3H3,(H,20,25)/t10-,13-/m1/s1. The molecular formula is C17H22N6O3. The van der Waals surface area contributed by atoms with E-state index >= 15 is 0 Å². The molecule has 0 saturated carbocycles. The summed E-state index contributed by atoms with van der Waals surface area (Å²) in [6.07, 6.45) is 3.84. The molecule has 26 heavy (non-hydrogen) atoms. The number of nitrogens with one attached hydrogen (secondary N) is 1. The van der Waals surface area contributed by atoms with Crippen molar-refractivity contribution in [2.24, 2.45) is 5.92 Å². The summed E-state index contributed by atoms with van der Waals surface area (Å²) in [6, 6.07) is 1.38. The van der Waals surface area contributed by atoms with Crippen molar-refractivity contribution in [1.82, 2.24) is 29.5 Å². The number of aliphatic hydroxyl groups excluding tert-OH is 1. The van der Waals surface area contributed by atoms with Crippen molar-refractivity contribution in [3.63, 3.8) is 0 Å². The number of hydrogen-bond donors (Lipinski definition) is 2. The summed E-state index contributed by atoms with van der Waals surface area (Å²) in [5, 5.41) is 16.8. The molecule has 0 unspecified atom stereocenters. The molecule has 9 heteroatoms. The summed E-state index contributed by atoms with van der Waals surface area (Å²) in [5.74, 6) is 0.805. The molecule has 0 aliphatic rings. The molecule has 2 N–H and O–H groups in total.